The minimum atomic E-state index is -0.736. The first-order valence-corrected chi connectivity index (χ1v) is 7.17. The molecule has 20 heavy (non-hydrogen) atoms. The van der Waals surface area contributed by atoms with Crippen LogP contribution in [0.25, 0.3) is 0 Å². The summed E-state index contributed by atoms with van der Waals surface area (Å²) in [4.78, 5) is 0. The van der Waals surface area contributed by atoms with Crippen molar-refractivity contribution in [1.82, 2.24) is 5.32 Å². The van der Waals surface area contributed by atoms with Crippen molar-refractivity contribution >= 4 is 23.2 Å². The largest absolute Gasteiger partial charge is 0.488 e. The lowest BCUT2D eigenvalue weighted by Gasteiger charge is -2.30. The third kappa shape index (κ3) is 5.11. The Morgan fingerprint density at radius 1 is 1.25 bits per heavy atom. The van der Waals surface area contributed by atoms with Gasteiger partial charge in [-0.2, -0.15) is 0 Å². The van der Waals surface area contributed by atoms with Crippen molar-refractivity contribution in [3.8, 4) is 5.75 Å². The van der Waals surface area contributed by atoms with Crippen LogP contribution >= 0.6 is 23.2 Å². The highest BCUT2D eigenvalue weighted by atomic mass is 35.5. The van der Waals surface area contributed by atoms with Gasteiger partial charge in [0.2, 0.25) is 0 Å². The lowest BCUT2D eigenvalue weighted by atomic mass is 9.99. The molecule has 0 aliphatic carbocycles. The van der Waals surface area contributed by atoms with Crippen LogP contribution in [-0.4, -0.2) is 41.1 Å². The molecule has 4 nitrogen and oxygen atoms in total. The Balaban J connectivity index is 2.46. The molecule has 3 N–H and O–H groups in total. The summed E-state index contributed by atoms with van der Waals surface area (Å²) in [6, 6.07) is 5.06. The maximum absolute atomic E-state index is 9.88. The first-order valence-electron chi connectivity index (χ1n) is 6.42. The van der Waals surface area contributed by atoms with Crippen LogP contribution in [0.2, 0.25) is 10.0 Å². The minimum absolute atomic E-state index is 0.0618. The Labute approximate surface area is 129 Å². The summed E-state index contributed by atoms with van der Waals surface area (Å²) in [6.07, 6.45) is -1.27. The molecule has 0 saturated carbocycles. The second-order valence-corrected chi connectivity index (χ2v) is 6.11. The number of aliphatic hydroxyl groups excluding tert-OH is 2. The molecule has 2 atom stereocenters. The highest BCUT2D eigenvalue weighted by Gasteiger charge is 2.24. The first kappa shape index (κ1) is 17.5. The normalized spacial score (nSPS) is 14.9. The van der Waals surface area contributed by atoms with E-state index in [1.54, 1.807) is 25.1 Å². The summed E-state index contributed by atoms with van der Waals surface area (Å²) in [6.45, 7) is 5.76. The molecule has 0 aliphatic heterocycles. The van der Waals surface area contributed by atoms with Crippen LogP contribution in [0.4, 0.5) is 0 Å². The zero-order chi connectivity index (χ0) is 15.3. The van der Waals surface area contributed by atoms with Crippen LogP contribution in [0.3, 0.4) is 0 Å². The molecule has 0 aliphatic rings. The molecule has 1 aromatic carbocycles. The fourth-order valence-electron chi connectivity index (χ4n) is 1.39. The zero-order valence-electron chi connectivity index (χ0n) is 11.9. The van der Waals surface area contributed by atoms with E-state index in [9.17, 15) is 10.2 Å². The molecule has 1 rings (SSSR count). The topological polar surface area (TPSA) is 61.7 Å². The second-order valence-electron chi connectivity index (χ2n) is 5.29. The Morgan fingerprint density at radius 2 is 1.80 bits per heavy atom. The van der Waals surface area contributed by atoms with E-state index >= 15 is 0 Å². The van der Waals surface area contributed by atoms with Crippen LogP contribution in [0.5, 0.6) is 5.75 Å². The molecular weight excluding hydrogens is 301 g/mol. The van der Waals surface area contributed by atoms with Crippen molar-refractivity contribution in [1.29, 1.82) is 0 Å². The molecule has 0 bridgehead atoms. The highest BCUT2D eigenvalue weighted by Crippen LogP contribution is 2.32. The molecule has 0 radical (unpaired) electrons. The minimum Gasteiger partial charge on any atom is -0.488 e. The molecule has 0 heterocycles. The molecule has 114 valence electrons. The smallest absolute Gasteiger partial charge is 0.156 e. The van der Waals surface area contributed by atoms with Gasteiger partial charge in [-0.05, 0) is 32.9 Å². The van der Waals surface area contributed by atoms with Crippen molar-refractivity contribution in [3.63, 3.8) is 0 Å². The van der Waals surface area contributed by atoms with Gasteiger partial charge in [0, 0.05) is 12.1 Å². The zero-order valence-corrected chi connectivity index (χ0v) is 13.4. The lowest BCUT2D eigenvalue weighted by Crippen LogP contribution is -2.51. The first-order chi connectivity index (χ1) is 9.24. The summed E-state index contributed by atoms with van der Waals surface area (Å²) >= 11 is 11.9. The van der Waals surface area contributed by atoms with Crippen molar-refractivity contribution in [2.75, 3.05) is 13.2 Å². The van der Waals surface area contributed by atoms with E-state index < -0.39 is 17.7 Å². The van der Waals surface area contributed by atoms with Gasteiger partial charge in [0.25, 0.3) is 0 Å². The SMILES string of the molecule is CC(O)C(C)(C)NCC(O)COc1c(Cl)cccc1Cl. The number of benzene rings is 1. The summed E-state index contributed by atoms with van der Waals surface area (Å²) in [5.41, 5.74) is -0.483. The van der Waals surface area contributed by atoms with Gasteiger partial charge in [-0.15, -0.1) is 0 Å². The molecule has 0 spiro atoms. The van der Waals surface area contributed by atoms with Crippen LogP contribution in [0, 0.1) is 0 Å². The number of halogens is 2. The van der Waals surface area contributed by atoms with E-state index in [4.69, 9.17) is 27.9 Å². The lowest BCUT2D eigenvalue weighted by molar-refractivity contribution is 0.0648. The predicted octanol–water partition coefficient (Wildman–Crippen LogP) is 2.48. The number of hydrogen-bond donors (Lipinski definition) is 3. The second kappa shape index (κ2) is 7.48. The number of ether oxygens (including phenoxy) is 1. The average molecular weight is 322 g/mol. The molecule has 2 unspecified atom stereocenters. The highest BCUT2D eigenvalue weighted by molar-refractivity contribution is 6.37. The van der Waals surface area contributed by atoms with Crippen molar-refractivity contribution in [3.05, 3.63) is 28.2 Å². The van der Waals surface area contributed by atoms with Crippen molar-refractivity contribution in [2.45, 2.75) is 38.5 Å². The number of nitrogens with one attached hydrogen (secondary N) is 1. The van der Waals surface area contributed by atoms with Gasteiger partial charge in [-0.3, -0.25) is 0 Å². The third-order valence-corrected chi connectivity index (χ3v) is 3.77. The Bertz CT molecular complexity index is 418. The maximum Gasteiger partial charge on any atom is 0.156 e. The summed E-state index contributed by atoms with van der Waals surface area (Å²) in [7, 11) is 0. The fraction of sp³-hybridized carbons (Fsp3) is 0.571. The average Bonchev–Trinajstić information content (AvgIpc) is 2.35. The molecule has 0 saturated heterocycles. The van der Waals surface area contributed by atoms with Crippen LogP contribution in [-0.2, 0) is 0 Å². The molecule has 6 heteroatoms. The monoisotopic (exact) mass is 321 g/mol. The van der Waals surface area contributed by atoms with Gasteiger partial charge < -0.3 is 20.3 Å². The van der Waals surface area contributed by atoms with Gasteiger partial charge in [-0.1, -0.05) is 29.3 Å². The van der Waals surface area contributed by atoms with E-state index in [1.165, 1.54) is 0 Å². The molecule has 0 fully saturated rings. The van der Waals surface area contributed by atoms with Gasteiger partial charge >= 0.3 is 0 Å². The maximum atomic E-state index is 9.88. The quantitative estimate of drug-likeness (QED) is 0.722. The van der Waals surface area contributed by atoms with E-state index in [0.717, 1.165) is 0 Å². The van der Waals surface area contributed by atoms with Gasteiger partial charge in [0.05, 0.1) is 16.1 Å². The van der Waals surface area contributed by atoms with Crippen LogP contribution in [0.15, 0.2) is 18.2 Å². The Hall–Kier alpha value is -0.520. The number of aliphatic hydroxyl groups is 2. The standard InChI is InChI=1S/C14H21Cl2NO3/c1-9(18)14(2,3)17-7-10(19)8-20-13-11(15)5-4-6-12(13)16/h4-6,9-10,17-19H,7-8H2,1-3H3. The van der Waals surface area contributed by atoms with Crippen molar-refractivity contribution in [2.24, 2.45) is 0 Å². The summed E-state index contributed by atoms with van der Waals surface area (Å²) in [5, 5.41) is 23.3. The number of hydrogen-bond acceptors (Lipinski definition) is 4. The van der Waals surface area contributed by atoms with E-state index in [1.807, 2.05) is 13.8 Å². The van der Waals surface area contributed by atoms with Gasteiger partial charge in [-0.25, -0.2) is 0 Å². The van der Waals surface area contributed by atoms with Gasteiger partial charge in [0.1, 0.15) is 12.7 Å². The number of para-hydroxylation sites is 1. The predicted molar refractivity (Wildman–Crippen MR) is 81.7 cm³/mol. The molecular formula is C14H21Cl2NO3. The number of rotatable bonds is 7. The summed E-state index contributed by atoms with van der Waals surface area (Å²) in [5.74, 6) is 0.365. The van der Waals surface area contributed by atoms with Crippen LogP contribution < -0.4 is 10.1 Å². The Morgan fingerprint density at radius 3 is 2.30 bits per heavy atom. The van der Waals surface area contributed by atoms with E-state index in [-0.39, 0.29) is 6.61 Å². The number of β-amino-alcohol motifs (C(OH)–C–C–N with tert-alkyl or cyclic N) is 1. The molecule has 0 aromatic heterocycles. The van der Waals surface area contributed by atoms with Crippen molar-refractivity contribution < 1.29 is 14.9 Å². The van der Waals surface area contributed by atoms with E-state index in [0.29, 0.717) is 22.3 Å². The molecule has 1 aromatic rings. The fourth-order valence-corrected chi connectivity index (χ4v) is 1.89. The van der Waals surface area contributed by atoms with Crippen LogP contribution in [0.1, 0.15) is 20.8 Å². The Kier molecular flexibility index (Phi) is 6.55. The summed E-state index contributed by atoms with van der Waals surface area (Å²) < 4.78 is 5.44. The molecule has 0 amide bonds. The van der Waals surface area contributed by atoms with Gasteiger partial charge in [0.15, 0.2) is 5.75 Å². The third-order valence-electron chi connectivity index (χ3n) is 3.18. The van der Waals surface area contributed by atoms with E-state index in [2.05, 4.69) is 5.32 Å².